The van der Waals surface area contributed by atoms with Gasteiger partial charge in [0.2, 0.25) is 0 Å². The molecule has 0 atom stereocenters. The van der Waals surface area contributed by atoms with E-state index in [1.54, 1.807) is 11.3 Å². The van der Waals surface area contributed by atoms with Crippen molar-refractivity contribution in [2.75, 3.05) is 12.4 Å². The lowest BCUT2D eigenvalue weighted by Gasteiger charge is -2.05. The molecular formula is C13H15BrN2S. The molecule has 2 nitrogen and oxygen atoms in total. The minimum Gasteiger partial charge on any atom is -0.365 e. The monoisotopic (exact) mass is 310 g/mol. The summed E-state index contributed by atoms with van der Waals surface area (Å²) in [5.74, 6) is 0. The maximum absolute atomic E-state index is 4.55. The zero-order chi connectivity index (χ0) is 12.4. The summed E-state index contributed by atoms with van der Waals surface area (Å²) in [6.07, 6.45) is 0.880. The van der Waals surface area contributed by atoms with Crippen molar-refractivity contribution < 1.29 is 0 Å². The van der Waals surface area contributed by atoms with Crippen molar-refractivity contribution in [3.63, 3.8) is 0 Å². The Hall–Kier alpha value is -0.870. The van der Waals surface area contributed by atoms with Crippen LogP contribution in [0.4, 0.5) is 5.13 Å². The molecule has 2 rings (SSSR count). The Morgan fingerprint density at radius 2 is 2.12 bits per heavy atom. The Kier molecular flexibility index (Phi) is 3.84. The third-order valence-corrected chi connectivity index (χ3v) is 4.57. The molecule has 4 heteroatoms. The maximum Gasteiger partial charge on any atom is 0.183 e. The molecule has 1 aromatic heterocycles. The van der Waals surface area contributed by atoms with Gasteiger partial charge in [-0.3, -0.25) is 0 Å². The first-order chi connectivity index (χ1) is 8.10. The average Bonchev–Trinajstić information content (AvgIpc) is 2.64. The predicted molar refractivity (Wildman–Crippen MR) is 78.1 cm³/mol. The third-order valence-electron chi connectivity index (χ3n) is 2.72. The second kappa shape index (κ2) is 5.19. The number of halogens is 1. The standard InChI is InChI=1S/C13H15BrN2S/c1-8-4-5-10(9(2)6-8)7-11-12(14)17-13(15-3)16-11/h4-6H,7H2,1-3H3,(H,15,16). The summed E-state index contributed by atoms with van der Waals surface area (Å²) in [5.41, 5.74) is 5.07. The lowest BCUT2D eigenvalue weighted by Crippen LogP contribution is -1.94. The van der Waals surface area contributed by atoms with Crippen molar-refractivity contribution >= 4 is 32.4 Å². The molecule has 0 fully saturated rings. The highest BCUT2D eigenvalue weighted by molar-refractivity contribution is 9.11. The van der Waals surface area contributed by atoms with Crippen molar-refractivity contribution in [2.24, 2.45) is 0 Å². The van der Waals surface area contributed by atoms with Crippen LogP contribution in [0.15, 0.2) is 22.0 Å². The molecule has 0 aliphatic rings. The molecule has 0 unspecified atom stereocenters. The molecule has 0 saturated heterocycles. The number of nitrogens with one attached hydrogen (secondary N) is 1. The number of hydrogen-bond donors (Lipinski definition) is 1. The van der Waals surface area contributed by atoms with E-state index in [0.717, 1.165) is 21.0 Å². The quantitative estimate of drug-likeness (QED) is 0.921. The minimum atomic E-state index is 0.880. The Labute approximate surface area is 114 Å². The van der Waals surface area contributed by atoms with E-state index in [2.05, 4.69) is 58.3 Å². The van der Waals surface area contributed by atoms with E-state index < -0.39 is 0 Å². The Balaban J connectivity index is 2.27. The molecule has 2 aromatic rings. The first-order valence-corrected chi connectivity index (χ1v) is 7.10. The largest absolute Gasteiger partial charge is 0.365 e. The highest BCUT2D eigenvalue weighted by atomic mass is 79.9. The molecule has 1 aromatic carbocycles. The SMILES string of the molecule is CNc1nc(Cc2ccc(C)cc2C)c(Br)s1. The molecule has 1 heterocycles. The number of anilines is 1. The molecule has 0 bridgehead atoms. The van der Waals surface area contributed by atoms with E-state index in [0.29, 0.717) is 0 Å². The maximum atomic E-state index is 4.55. The number of aryl methyl sites for hydroxylation is 2. The molecule has 1 N–H and O–H groups in total. The molecular weight excluding hydrogens is 296 g/mol. The molecule has 0 aliphatic carbocycles. The van der Waals surface area contributed by atoms with E-state index in [4.69, 9.17) is 0 Å². The van der Waals surface area contributed by atoms with E-state index in [9.17, 15) is 0 Å². The summed E-state index contributed by atoms with van der Waals surface area (Å²) >= 11 is 5.21. The van der Waals surface area contributed by atoms with E-state index in [1.165, 1.54) is 16.7 Å². The van der Waals surface area contributed by atoms with Crippen molar-refractivity contribution in [1.29, 1.82) is 0 Å². The Morgan fingerprint density at radius 3 is 2.71 bits per heavy atom. The first-order valence-electron chi connectivity index (χ1n) is 5.49. The molecule has 0 aliphatic heterocycles. The number of nitrogens with zero attached hydrogens (tertiary/aromatic N) is 1. The molecule has 0 spiro atoms. The van der Waals surface area contributed by atoms with Crippen LogP contribution in [0, 0.1) is 13.8 Å². The van der Waals surface area contributed by atoms with Gasteiger partial charge in [-0.1, -0.05) is 35.1 Å². The van der Waals surface area contributed by atoms with Gasteiger partial charge in [-0.25, -0.2) is 4.98 Å². The van der Waals surface area contributed by atoms with Crippen LogP contribution in [0.5, 0.6) is 0 Å². The van der Waals surface area contributed by atoms with Crippen LogP contribution in [0.2, 0.25) is 0 Å². The van der Waals surface area contributed by atoms with Crippen molar-refractivity contribution in [1.82, 2.24) is 4.98 Å². The topological polar surface area (TPSA) is 24.9 Å². The van der Waals surface area contributed by atoms with E-state index in [-0.39, 0.29) is 0 Å². The summed E-state index contributed by atoms with van der Waals surface area (Å²) in [4.78, 5) is 4.55. The molecule has 17 heavy (non-hydrogen) atoms. The predicted octanol–water partition coefficient (Wildman–Crippen LogP) is 4.15. The van der Waals surface area contributed by atoms with Gasteiger partial charge < -0.3 is 5.32 Å². The van der Waals surface area contributed by atoms with Gasteiger partial charge >= 0.3 is 0 Å². The van der Waals surface area contributed by atoms with E-state index in [1.807, 2.05) is 7.05 Å². The van der Waals surface area contributed by atoms with Crippen molar-refractivity contribution in [3.8, 4) is 0 Å². The lowest BCUT2D eigenvalue weighted by atomic mass is 10.0. The number of hydrogen-bond acceptors (Lipinski definition) is 3. The molecule has 0 radical (unpaired) electrons. The van der Waals surface area contributed by atoms with Crippen LogP contribution in [0.25, 0.3) is 0 Å². The average molecular weight is 311 g/mol. The van der Waals surface area contributed by atoms with Crippen LogP contribution < -0.4 is 5.32 Å². The summed E-state index contributed by atoms with van der Waals surface area (Å²) in [6.45, 7) is 4.27. The summed E-state index contributed by atoms with van der Waals surface area (Å²) < 4.78 is 1.11. The zero-order valence-corrected chi connectivity index (χ0v) is 12.6. The zero-order valence-electron chi connectivity index (χ0n) is 10.2. The fourth-order valence-electron chi connectivity index (χ4n) is 1.77. The highest BCUT2D eigenvalue weighted by Gasteiger charge is 2.10. The van der Waals surface area contributed by atoms with Crippen molar-refractivity contribution in [3.05, 3.63) is 44.4 Å². The first kappa shape index (κ1) is 12.6. The highest BCUT2D eigenvalue weighted by Crippen LogP contribution is 2.30. The molecule has 90 valence electrons. The van der Waals surface area contributed by atoms with Gasteiger partial charge in [0.25, 0.3) is 0 Å². The van der Waals surface area contributed by atoms with Crippen LogP contribution in [0.3, 0.4) is 0 Å². The van der Waals surface area contributed by atoms with Gasteiger partial charge in [0, 0.05) is 13.5 Å². The summed E-state index contributed by atoms with van der Waals surface area (Å²) in [7, 11) is 1.90. The Morgan fingerprint density at radius 1 is 1.35 bits per heavy atom. The fraction of sp³-hybridized carbons (Fsp3) is 0.308. The normalized spacial score (nSPS) is 10.6. The van der Waals surface area contributed by atoms with E-state index >= 15 is 0 Å². The second-order valence-electron chi connectivity index (χ2n) is 4.10. The lowest BCUT2D eigenvalue weighted by molar-refractivity contribution is 1.07. The van der Waals surface area contributed by atoms with Crippen LogP contribution >= 0.6 is 27.3 Å². The third kappa shape index (κ3) is 2.87. The molecule has 0 amide bonds. The smallest absolute Gasteiger partial charge is 0.183 e. The Bertz CT molecular complexity index is 534. The number of benzene rings is 1. The number of rotatable bonds is 3. The van der Waals surface area contributed by atoms with Crippen LogP contribution in [0.1, 0.15) is 22.4 Å². The van der Waals surface area contributed by atoms with Gasteiger partial charge in [0.1, 0.15) is 0 Å². The van der Waals surface area contributed by atoms with Gasteiger partial charge in [0.05, 0.1) is 9.48 Å². The van der Waals surface area contributed by atoms with Gasteiger partial charge in [0.15, 0.2) is 5.13 Å². The second-order valence-corrected chi connectivity index (χ2v) is 6.41. The summed E-state index contributed by atoms with van der Waals surface area (Å²) in [5, 5.41) is 4.03. The van der Waals surface area contributed by atoms with Crippen LogP contribution in [-0.4, -0.2) is 12.0 Å². The minimum absolute atomic E-state index is 0.880. The van der Waals surface area contributed by atoms with Crippen molar-refractivity contribution in [2.45, 2.75) is 20.3 Å². The molecule has 0 saturated carbocycles. The fourth-order valence-corrected chi connectivity index (χ4v) is 3.13. The van der Waals surface area contributed by atoms with Gasteiger partial charge in [-0.05, 0) is 40.9 Å². The van der Waals surface area contributed by atoms with Gasteiger partial charge in [-0.2, -0.15) is 0 Å². The van der Waals surface area contributed by atoms with Crippen LogP contribution in [-0.2, 0) is 6.42 Å². The number of thiazole rings is 1. The number of aromatic nitrogens is 1. The summed E-state index contributed by atoms with van der Waals surface area (Å²) in [6, 6.07) is 6.56. The van der Waals surface area contributed by atoms with Gasteiger partial charge in [-0.15, -0.1) is 0 Å².